The van der Waals surface area contributed by atoms with Gasteiger partial charge in [-0.25, -0.2) is 9.59 Å². The summed E-state index contributed by atoms with van der Waals surface area (Å²) in [5.41, 5.74) is 1.31. The van der Waals surface area contributed by atoms with Crippen LogP contribution in [0.2, 0.25) is 0 Å². The molecule has 13 heteroatoms. The first-order valence-electron chi connectivity index (χ1n) is 11.7. The highest BCUT2D eigenvalue weighted by Gasteiger charge is 2.32. The van der Waals surface area contributed by atoms with E-state index in [0.29, 0.717) is 11.1 Å². The van der Waals surface area contributed by atoms with Crippen LogP contribution in [0.15, 0.2) is 60.7 Å². The highest BCUT2D eigenvalue weighted by Crippen LogP contribution is 2.07. The molecule has 39 heavy (non-hydrogen) atoms. The summed E-state index contributed by atoms with van der Waals surface area (Å²) in [5.74, 6) is -5.89. The van der Waals surface area contributed by atoms with Gasteiger partial charge in [0.1, 0.15) is 24.7 Å². The Morgan fingerprint density at radius 3 is 1.64 bits per heavy atom. The van der Waals surface area contributed by atoms with Crippen molar-refractivity contribution in [2.75, 3.05) is 7.11 Å². The van der Waals surface area contributed by atoms with E-state index in [1.165, 1.54) is 0 Å². The second-order valence-corrected chi connectivity index (χ2v) is 8.29. The maximum absolute atomic E-state index is 12.9. The molecule has 13 nitrogen and oxygen atoms in total. The molecule has 0 unspecified atom stereocenters. The monoisotopic (exact) mass is 543 g/mol. The molecule has 2 aromatic rings. The summed E-state index contributed by atoms with van der Waals surface area (Å²) in [6, 6.07) is 12.6. The molecule has 208 valence electrons. The normalized spacial score (nSPS) is 12.6. The van der Waals surface area contributed by atoms with Crippen molar-refractivity contribution in [3.63, 3.8) is 0 Å². The summed E-state index contributed by atoms with van der Waals surface area (Å²) < 4.78 is 9.73. The number of rotatable bonds is 14. The van der Waals surface area contributed by atoms with Gasteiger partial charge in [-0.2, -0.15) is 0 Å². The molecule has 2 rings (SSSR count). The van der Waals surface area contributed by atoms with Crippen molar-refractivity contribution in [2.24, 2.45) is 0 Å². The molecular formula is C26H29N3O10. The quantitative estimate of drug-likeness (QED) is 0.211. The fraction of sp³-hybridized carbons (Fsp3) is 0.308. The van der Waals surface area contributed by atoms with Gasteiger partial charge in [-0.1, -0.05) is 60.7 Å². The number of ether oxygens (including phenoxy) is 2. The number of hydrogen-bond acceptors (Lipinski definition) is 8. The van der Waals surface area contributed by atoms with Crippen LogP contribution in [0, 0.1) is 0 Å². The molecule has 2 aromatic carbocycles. The second kappa shape index (κ2) is 15.3. The Morgan fingerprint density at radius 2 is 1.15 bits per heavy atom. The lowest BCUT2D eigenvalue weighted by molar-refractivity contribution is -0.146. The van der Waals surface area contributed by atoms with Crippen molar-refractivity contribution in [3.05, 3.63) is 71.8 Å². The molecule has 5 N–H and O–H groups in total. The highest BCUT2D eigenvalue weighted by atomic mass is 16.5. The summed E-state index contributed by atoms with van der Waals surface area (Å²) in [7, 11) is 1.11. The van der Waals surface area contributed by atoms with Crippen LogP contribution in [0.3, 0.4) is 0 Å². The fourth-order valence-electron chi connectivity index (χ4n) is 3.40. The Kier molecular flexibility index (Phi) is 11.9. The van der Waals surface area contributed by atoms with E-state index in [0.717, 1.165) is 7.11 Å². The van der Waals surface area contributed by atoms with Crippen LogP contribution in [0.4, 0.5) is 4.79 Å². The van der Waals surface area contributed by atoms with Crippen molar-refractivity contribution < 1.29 is 48.5 Å². The molecule has 0 saturated carbocycles. The molecule has 0 spiro atoms. The Balaban J connectivity index is 2.11. The predicted molar refractivity (Wildman–Crippen MR) is 134 cm³/mol. The van der Waals surface area contributed by atoms with Crippen molar-refractivity contribution in [2.45, 2.75) is 44.0 Å². The van der Waals surface area contributed by atoms with Gasteiger partial charge in [-0.05, 0) is 11.1 Å². The molecule has 0 aliphatic heterocycles. The van der Waals surface area contributed by atoms with E-state index < -0.39 is 66.8 Å². The number of nitrogens with one attached hydrogen (secondary N) is 3. The number of amides is 3. The summed E-state index contributed by atoms with van der Waals surface area (Å²) >= 11 is 0. The van der Waals surface area contributed by atoms with Crippen molar-refractivity contribution in [3.8, 4) is 0 Å². The van der Waals surface area contributed by atoms with Gasteiger partial charge in [-0.3, -0.25) is 19.2 Å². The van der Waals surface area contributed by atoms with Gasteiger partial charge in [0, 0.05) is 6.42 Å². The predicted octanol–water partition coefficient (Wildman–Crippen LogP) is 0.616. The van der Waals surface area contributed by atoms with E-state index in [9.17, 15) is 39.0 Å². The number of carboxylic acids is 2. The smallest absolute Gasteiger partial charge is 0.408 e. The van der Waals surface area contributed by atoms with Crippen molar-refractivity contribution in [1.29, 1.82) is 0 Å². The second-order valence-electron chi connectivity index (χ2n) is 8.29. The lowest BCUT2D eigenvalue weighted by Crippen LogP contribution is -2.57. The molecule has 3 atom stereocenters. The molecule has 3 amide bonds. The first kappa shape index (κ1) is 30.3. The topological polar surface area (TPSA) is 197 Å². The Bertz CT molecular complexity index is 1160. The maximum atomic E-state index is 12.9. The highest BCUT2D eigenvalue weighted by molar-refractivity contribution is 5.96. The number of hydrogen-bond donors (Lipinski definition) is 5. The Morgan fingerprint density at radius 1 is 0.692 bits per heavy atom. The van der Waals surface area contributed by atoms with Gasteiger partial charge in [0.15, 0.2) is 0 Å². The van der Waals surface area contributed by atoms with Crippen LogP contribution in [-0.2, 0) is 46.5 Å². The largest absolute Gasteiger partial charge is 0.481 e. The van der Waals surface area contributed by atoms with Gasteiger partial charge in [0.2, 0.25) is 11.8 Å². The molecule has 0 aliphatic carbocycles. The number of benzene rings is 2. The van der Waals surface area contributed by atoms with Gasteiger partial charge in [0.25, 0.3) is 0 Å². The molecule has 0 heterocycles. The third kappa shape index (κ3) is 10.9. The number of carboxylic acid groups (broad SMARTS) is 2. The fourth-order valence-corrected chi connectivity index (χ4v) is 3.40. The Labute approximate surface area is 223 Å². The van der Waals surface area contributed by atoms with Crippen LogP contribution < -0.4 is 16.0 Å². The number of alkyl carbamates (subject to hydrolysis) is 1. The first-order chi connectivity index (χ1) is 18.6. The summed E-state index contributed by atoms with van der Waals surface area (Å²) in [5, 5.41) is 25.1. The zero-order valence-electron chi connectivity index (χ0n) is 21.0. The van der Waals surface area contributed by atoms with Gasteiger partial charge >= 0.3 is 24.0 Å². The van der Waals surface area contributed by atoms with Crippen LogP contribution >= 0.6 is 0 Å². The van der Waals surface area contributed by atoms with Crippen LogP contribution in [-0.4, -0.2) is 71.3 Å². The molecule has 0 saturated heterocycles. The third-order valence-electron chi connectivity index (χ3n) is 5.30. The lowest BCUT2D eigenvalue weighted by Gasteiger charge is -2.23. The van der Waals surface area contributed by atoms with Crippen LogP contribution in [0.5, 0.6) is 0 Å². The average Bonchev–Trinajstić information content (AvgIpc) is 2.91. The standard InChI is InChI=1S/C26H29N3O10/c1-38-25(36)20(12-16-8-4-2-5-9-16)28-23(34)18(13-21(30)31)27-24(35)19(14-22(32)33)29-26(37)39-15-17-10-6-3-7-11-17/h2-11,18-20H,12-15H2,1H3,(H,27,35)(H,28,34)(H,29,37)(H,30,31)(H,32,33)/t18-,19-,20-/m0/s1. The van der Waals surface area contributed by atoms with E-state index in [4.69, 9.17) is 9.47 Å². The first-order valence-corrected chi connectivity index (χ1v) is 11.7. The Hall–Kier alpha value is -4.94. The van der Waals surface area contributed by atoms with Gasteiger partial charge < -0.3 is 35.6 Å². The zero-order chi connectivity index (χ0) is 28.8. The van der Waals surface area contributed by atoms with E-state index in [1.54, 1.807) is 60.7 Å². The van der Waals surface area contributed by atoms with E-state index in [-0.39, 0.29) is 13.0 Å². The van der Waals surface area contributed by atoms with Crippen LogP contribution in [0.1, 0.15) is 24.0 Å². The molecule has 0 radical (unpaired) electrons. The molecule has 0 aromatic heterocycles. The number of aliphatic carboxylic acids is 2. The van der Waals surface area contributed by atoms with E-state index in [1.807, 2.05) is 0 Å². The maximum Gasteiger partial charge on any atom is 0.408 e. The molecule has 0 fully saturated rings. The van der Waals surface area contributed by atoms with Gasteiger partial charge in [0.05, 0.1) is 20.0 Å². The van der Waals surface area contributed by atoms with E-state index >= 15 is 0 Å². The number of esters is 1. The number of carbonyl (C=O) groups is 6. The minimum Gasteiger partial charge on any atom is -0.481 e. The SMILES string of the molecule is COC(=O)[C@H](Cc1ccccc1)NC(=O)[C@H](CC(=O)O)NC(=O)[C@H](CC(=O)O)NC(=O)OCc1ccccc1. The minimum absolute atomic E-state index is 0.0173. The average molecular weight is 544 g/mol. The number of carbonyl (C=O) groups excluding carboxylic acids is 4. The summed E-state index contributed by atoms with van der Waals surface area (Å²) in [6.07, 6.45) is -2.86. The zero-order valence-corrected chi connectivity index (χ0v) is 21.0. The third-order valence-corrected chi connectivity index (χ3v) is 5.30. The number of methoxy groups -OCH3 is 1. The molecule has 0 aliphatic rings. The van der Waals surface area contributed by atoms with Crippen molar-refractivity contribution >= 4 is 35.8 Å². The minimum atomic E-state index is -1.71. The molecule has 0 bridgehead atoms. The summed E-state index contributed by atoms with van der Waals surface area (Å²) in [6.45, 7) is -0.158. The van der Waals surface area contributed by atoms with Gasteiger partial charge in [-0.15, -0.1) is 0 Å². The van der Waals surface area contributed by atoms with Crippen LogP contribution in [0.25, 0.3) is 0 Å². The van der Waals surface area contributed by atoms with Crippen molar-refractivity contribution in [1.82, 2.24) is 16.0 Å². The van der Waals surface area contributed by atoms with E-state index in [2.05, 4.69) is 16.0 Å². The summed E-state index contributed by atoms with van der Waals surface area (Å²) in [4.78, 5) is 73.0. The lowest BCUT2D eigenvalue weighted by atomic mass is 10.0. The molecular weight excluding hydrogens is 514 g/mol.